The Morgan fingerprint density at radius 2 is 1.95 bits per heavy atom. The molecule has 21 heavy (non-hydrogen) atoms. The number of hydrogen-bond acceptors (Lipinski definition) is 3. The van der Waals surface area contributed by atoms with Gasteiger partial charge in [0.1, 0.15) is 11.5 Å². The summed E-state index contributed by atoms with van der Waals surface area (Å²) in [5.74, 6) is 1.78. The number of hydrogen-bond donors (Lipinski definition) is 1. The molecule has 1 amide bonds. The van der Waals surface area contributed by atoms with Gasteiger partial charge in [0.2, 0.25) is 0 Å². The highest BCUT2D eigenvalue weighted by Crippen LogP contribution is 2.37. The van der Waals surface area contributed by atoms with Gasteiger partial charge in [-0.1, -0.05) is 0 Å². The molecule has 0 aromatic carbocycles. The maximum absolute atomic E-state index is 12.9. The Hall–Kier alpha value is -1.29. The molecule has 1 atom stereocenters. The lowest BCUT2D eigenvalue weighted by molar-refractivity contribution is 0.0432. The summed E-state index contributed by atoms with van der Waals surface area (Å²) >= 11 is 0. The number of rotatable bonds is 1. The zero-order chi connectivity index (χ0) is 15.0. The van der Waals surface area contributed by atoms with E-state index in [2.05, 4.69) is 10.2 Å². The fourth-order valence-corrected chi connectivity index (χ4v) is 4.03. The van der Waals surface area contributed by atoms with Crippen molar-refractivity contribution in [1.29, 1.82) is 0 Å². The minimum atomic E-state index is 0.159. The smallest absolute Gasteiger partial charge is 0.257 e. The summed E-state index contributed by atoms with van der Waals surface area (Å²) in [4.78, 5) is 15.0. The first-order chi connectivity index (χ1) is 10.0. The molecule has 0 aliphatic carbocycles. The number of likely N-dealkylation sites (tertiary alicyclic amines) is 1. The number of carbonyl (C=O) groups excluding carboxylic acids is 1. The molecule has 1 aromatic rings. The maximum Gasteiger partial charge on any atom is 0.257 e. The van der Waals surface area contributed by atoms with E-state index in [0.717, 1.165) is 55.2 Å². The van der Waals surface area contributed by atoms with E-state index in [1.54, 1.807) is 0 Å². The third-order valence-electron chi connectivity index (χ3n) is 5.28. The standard InChI is InChI=1S/C17H26N2O2/c1-12-13(2)21-14(3)15(12)16(20)19-9-5-7-17(11-19)6-4-8-18-10-17/h18H,4-11H2,1-3H3. The summed E-state index contributed by atoms with van der Waals surface area (Å²) < 4.78 is 5.63. The highest BCUT2D eigenvalue weighted by molar-refractivity contribution is 5.97. The van der Waals surface area contributed by atoms with E-state index in [4.69, 9.17) is 4.42 Å². The molecule has 4 heteroatoms. The van der Waals surface area contributed by atoms with Crippen molar-refractivity contribution >= 4 is 5.91 Å². The van der Waals surface area contributed by atoms with Crippen molar-refractivity contribution in [3.63, 3.8) is 0 Å². The molecule has 1 N–H and O–H groups in total. The number of furan rings is 1. The summed E-state index contributed by atoms with van der Waals surface area (Å²) in [6, 6.07) is 0. The van der Waals surface area contributed by atoms with Gasteiger partial charge in [-0.15, -0.1) is 0 Å². The molecule has 1 unspecified atom stereocenters. The first kappa shape index (κ1) is 14.6. The van der Waals surface area contributed by atoms with Crippen LogP contribution in [0.1, 0.15) is 53.1 Å². The summed E-state index contributed by atoms with van der Waals surface area (Å²) in [5.41, 5.74) is 2.08. The highest BCUT2D eigenvalue weighted by Gasteiger charge is 2.39. The zero-order valence-electron chi connectivity index (χ0n) is 13.4. The molecule has 1 spiro atoms. The Kier molecular flexibility index (Phi) is 3.82. The van der Waals surface area contributed by atoms with Crippen molar-refractivity contribution in [3.8, 4) is 0 Å². The van der Waals surface area contributed by atoms with Gasteiger partial charge in [0.05, 0.1) is 5.56 Å². The van der Waals surface area contributed by atoms with E-state index in [1.807, 2.05) is 20.8 Å². The number of carbonyl (C=O) groups is 1. The fourth-order valence-electron chi connectivity index (χ4n) is 4.03. The summed E-state index contributed by atoms with van der Waals surface area (Å²) in [5, 5.41) is 3.51. The number of nitrogens with one attached hydrogen (secondary N) is 1. The van der Waals surface area contributed by atoms with Crippen LogP contribution in [0.3, 0.4) is 0 Å². The van der Waals surface area contributed by atoms with Crippen molar-refractivity contribution in [2.45, 2.75) is 46.5 Å². The predicted octanol–water partition coefficient (Wildman–Crippen LogP) is 2.81. The van der Waals surface area contributed by atoms with Crippen LogP contribution in [-0.2, 0) is 0 Å². The molecule has 2 saturated heterocycles. The summed E-state index contributed by atoms with van der Waals surface area (Å²) in [6.45, 7) is 9.76. The van der Waals surface area contributed by atoms with Gasteiger partial charge in [-0.25, -0.2) is 0 Å². The maximum atomic E-state index is 12.9. The molecule has 2 aliphatic rings. The van der Waals surface area contributed by atoms with Crippen molar-refractivity contribution < 1.29 is 9.21 Å². The van der Waals surface area contributed by atoms with E-state index < -0.39 is 0 Å². The predicted molar refractivity (Wildman–Crippen MR) is 82.6 cm³/mol. The van der Waals surface area contributed by atoms with Crippen molar-refractivity contribution in [2.24, 2.45) is 5.41 Å². The SMILES string of the molecule is Cc1oc(C)c(C(=O)N2CCCC3(CCCNC3)C2)c1C. The van der Waals surface area contributed by atoms with Crippen LogP contribution in [0.2, 0.25) is 0 Å². The van der Waals surface area contributed by atoms with Gasteiger partial charge in [-0.3, -0.25) is 4.79 Å². The number of nitrogens with zero attached hydrogens (tertiary/aromatic N) is 1. The molecular weight excluding hydrogens is 264 g/mol. The summed E-state index contributed by atoms with van der Waals surface area (Å²) in [6.07, 6.45) is 4.82. The average molecular weight is 290 g/mol. The van der Waals surface area contributed by atoms with Crippen LogP contribution in [0, 0.1) is 26.2 Å². The Morgan fingerprint density at radius 1 is 1.19 bits per heavy atom. The van der Waals surface area contributed by atoms with E-state index in [9.17, 15) is 4.79 Å². The Morgan fingerprint density at radius 3 is 2.57 bits per heavy atom. The Balaban J connectivity index is 1.81. The van der Waals surface area contributed by atoms with Crippen LogP contribution in [0.4, 0.5) is 0 Å². The van der Waals surface area contributed by atoms with Gasteiger partial charge in [-0.05, 0) is 53.0 Å². The Bertz CT molecular complexity index is 536. The van der Waals surface area contributed by atoms with Crippen LogP contribution < -0.4 is 5.32 Å². The summed E-state index contributed by atoms with van der Waals surface area (Å²) in [7, 11) is 0. The van der Waals surface area contributed by atoms with Crippen LogP contribution in [0.15, 0.2) is 4.42 Å². The molecule has 116 valence electrons. The molecule has 2 aliphatic heterocycles. The zero-order valence-corrected chi connectivity index (χ0v) is 13.4. The van der Waals surface area contributed by atoms with Crippen molar-refractivity contribution in [2.75, 3.05) is 26.2 Å². The van der Waals surface area contributed by atoms with Gasteiger partial charge in [0, 0.05) is 30.6 Å². The second-order valence-electron chi connectivity index (χ2n) is 6.83. The van der Waals surface area contributed by atoms with Gasteiger partial charge in [0.25, 0.3) is 5.91 Å². The van der Waals surface area contributed by atoms with Gasteiger partial charge >= 0.3 is 0 Å². The first-order valence-electron chi connectivity index (χ1n) is 8.09. The molecule has 2 fully saturated rings. The molecule has 0 saturated carbocycles. The molecule has 0 bridgehead atoms. The number of amides is 1. The van der Waals surface area contributed by atoms with E-state index >= 15 is 0 Å². The third-order valence-corrected chi connectivity index (χ3v) is 5.28. The minimum absolute atomic E-state index is 0.159. The first-order valence-corrected chi connectivity index (χ1v) is 8.09. The van der Waals surface area contributed by atoms with Gasteiger partial charge in [-0.2, -0.15) is 0 Å². The third kappa shape index (κ3) is 2.61. The highest BCUT2D eigenvalue weighted by atomic mass is 16.3. The molecular formula is C17H26N2O2. The molecule has 3 heterocycles. The van der Waals surface area contributed by atoms with Crippen LogP contribution in [-0.4, -0.2) is 37.0 Å². The number of aryl methyl sites for hydroxylation is 2. The van der Waals surface area contributed by atoms with E-state index in [1.165, 1.54) is 19.3 Å². The Labute approximate surface area is 126 Å². The fraction of sp³-hybridized carbons (Fsp3) is 0.706. The average Bonchev–Trinajstić information content (AvgIpc) is 2.72. The van der Waals surface area contributed by atoms with Crippen molar-refractivity contribution in [3.05, 3.63) is 22.6 Å². The molecule has 3 rings (SSSR count). The quantitative estimate of drug-likeness (QED) is 0.865. The second-order valence-corrected chi connectivity index (χ2v) is 6.83. The van der Waals surface area contributed by atoms with Crippen LogP contribution in [0.5, 0.6) is 0 Å². The lowest BCUT2D eigenvalue weighted by Gasteiger charge is -2.45. The van der Waals surface area contributed by atoms with Crippen LogP contribution >= 0.6 is 0 Å². The largest absolute Gasteiger partial charge is 0.466 e. The lowest BCUT2D eigenvalue weighted by atomic mass is 9.74. The van der Waals surface area contributed by atoms with E-state index in [-0.39, 0.29) is 5.91 Å². The van der Waals surface area contributed by atoms with E-state index in [0.29, 0.717) is 5.41 Å². The van der Waals surface area contributed by atoms with Gasteiger partial charge < -0.3 is 14.6 Å². The molecule has 1 aromatic heterocycles. The van der Waals surface area contributed by atoms with Gasteiger partial charge in [0.15, 0.2) is 0 Å². The second kappa shape index (κ2) is 5.48. The monoisotopic (exact) mass is 290 g/mol. The number of piperidine rings is 2. The normalized spacial score (nSPS) is 26.3. The molecule has 0 radical (unpaired) electrons. The topological polar surface area (TPSA) is 45.5 Å². The minimum Gasteiger partial charge on any atom is -0.466 e. The lowest BCUT2D eigenvalue weighted by Crippen LogP contribution is -2.52. The van der Waals surface area contributed by atoms with Crippen LogP contribution in [0.25, 0.3) is 0 Å². The van der Waals surface area contributed by atoms with Crippen molar-refractivity contribution in [1.82, 2.24) is 10.2 Å². The molecule has 4 nitrogen and oxygen atoms in total.